The number of aromatic nitrogens is 1. The minimum atomic E-state index is -3.69. The van der Waals surface area contributed by atoms with E-state index in [0.717, 1.165) is 6.07 Å². The largest absolute Gasteiger partial charge is 0.337 e. The molecular formula is C23H17Cl2FN2O3S. The maximum absolute atomic E-state index is 13.3. The van der Waals surface area contributed by atoms with Crippen molar-refractivity contribution in [2.24, 2.45) is 0 Å². The van der Waals surface area contributed by atoms with Crippen LogP contribution >= 0.6 is 23.2 Å². The highest BCUT2D eigenvalue weighted by atomic mass is 35.5. The van der Waals surface area contributed by atoms with Crippen LogP contribution in [0.15, 0.2) is 77.8 Å². The predicted octanol–water partition coefficient (Wildman–Crippen LogP) is 5.70. The molecule has 4 rings (SSSR count). The number of hydrogen-bond acceptors (Lipinski definition) is 3. The molecule has 0 fully saturated rings. The average Bonchev–Trinajstić information content (AvgIpc) is 3.12. The molecule has 0 aliphatic rings. The van der Waals surface area contributed by atoms with Gasteiger partial charge < -0.3 is 9.88 Å². The van der Waals surface area contributed by atoms with Crippen LogP contribution in [-0.2, 0) is 26.9 Å². The summed E-state index contributed by atoms with van der Waals surface area (Å²) in [4.78, 5) is 12.7. The Bertz CT molecular complexity index is 1420. The summed E-state index contributed by atoms with van der Waals surface area (Å²) in [7, 11) is -3.69. The highest BCUT2D eigenvalue weighted by Crippen LogP contribution is 2.28. The molecule has 3 aromatic carbocycles. The molecule has 0 aliphatic carbocycles. The molecule has 1 aromatic heterocycles. The lowest BCUT2D eigenvalue weighted by Crippen LogP contribution is -2.18. The van der Waals surface area contributed by atoms with Gasteiger partial charge >= 0.3 is 0 Å². The molecule has 0 unspecified atom stereocenters. The van der Waals surface area contributed by atoms with Gasteiger partial charge in [-0.2, -0.15) is 0 Å². The number of fused-ring (bicyclic) bond motifs is 1. The molecule has 1 amide bonds. The number of hydrogen-bond donors (Lipinski definition) is 1. The van der Waals surface area contributed by atoms with Crippen molar-refractivity contribution in [2.45, 2.75) is 17.2 Å². The number of sulfone groups is 1. The second kappa shape index (κ2) is 8.94. The summed E-state index contributed by atoms with van der Waals surface area (Å²) in [5.74, 6) is -1.19. The van der Waals surface area contributed by atoms with E-state index >= 15 is 0 Å². The molecule has 0 bridgehead atoms. The van der Waals surface area contributed by atoms with Crippen LogP contribution in [0.5, 0.6) is 0 Å². The molecule has 0 saturated heterocycles. The first kappa shape index (κ1) is 22.3. The summed E-state index contributed by atoms with van der Waals surface area (Å²) in [6, 6.07) is 17.4. The number of carbonyl (C=O) groups is 1. The quantitative estimate of drug-likeness (QED) is 0.376. The molecule has 4 aromatic rings. The van der Waals surface area contributed by atoms with Crippen molar-refractivity contribution >= 4 is 55.5 Å². The number of halogens is 3. The zero-order chi connectivity index (χ0) is 22.9. The highest BCUT2D eigenvalue weighted by molar-refractivity contribution is 7.90. The highest BCUT2D eigenvalue weighted by Gasteiger charge is 2.22. The molecule has 32 heavy (non-hydrogen) atoms. The van der Waals surface area contributed by atoms with Crippen molar-refractivity contribution in [3.8, 4) is 0 Å². The molecule has 5 nitrogen and oxygen atoms in total. The van der Waals surface area contributed by atoms with E-state index in [1.807, 2.05) is 0 Å². The zero-order valence-corrected chi connectivity index (χ0v) is 18.9. The number of carbonyl (C=O) groups excluding carboxylic acids is 1. The number of benzene rings is 3. The van der Waals surface area contributed by atoms with Crippen molar-refractivity contribution in [1.82, 2.24) is 4.57 Å². The lowest BCUT2D eigenvalue weighted by atomic mass is 10.2. The van der Waals surface area contributed by atoms with Crippen molar-refractivity contribution in [3.63, 3.8) is 0 Å². The lowest BCUT2D eigenvalue weighted by molar-refractivity contribution is -0.116. The smallest absolute Gasteiger partial charge is 0.244 e. The summed E-state index contributed by atoms with van der Waals surface area (Å²) >= 11 is 11.6. The van der Waals surface area contributed by atoms with E-state index in [2.05, 4.69) is 5.32 Å². The number of nitrogens with zero attached hydrogens (tertiary/aromatic N) is 1. The Labute approximate surface area is 194 Å². The van der Waals surface area contributed by atoms with E-state index in [-0.39, 0.29) is 22.2 Å². The fraction of sp³-hybridized carbons (Fsp3) is 0.0870. The van der Waals surface area contributed by atoms with E-state index in [1.165, 1.54) is 18.3 Å². The van der Waals surface area contributed by atoms with Crippen LogP contribution < -0.4 is 5.32 Å². The summed E-state index contributed by atoms with van der Waals surface area (Å²) in [5.41, 5.74) is 1.56. The lowest BCUT2D eigenvalue weighted by Gasteiger charge is -2.08. The fourth-order valence-electron chi connectivity index (χ4n) is 3.40. The topological polar surface area (TPSA) is 68.2 Å². The van der Waals surface area contributed by atoms with Crippen molar-refractivity contribution in [1.29, 1.82) is 0 Å². The van der Waals surface area contributed by atoms with E-state index < -0.39 is 21.6 Å². The Kier molecular flexibility index (Phi) is 6.24. The van der Waals surface area contributed by atoms with Gasteiger partial charge in [-0.25, -0.2) is 12.8 Å². The molecule has 0 saturated carbocycles. The summed E-state index contributed by atoms with van der Waals surface area (Å²) in [6.07, 6.45) is 1.47. The number of anilines is 1. The van der Waals surface area contributed by atoms with E-state index in [1.54, 1.807) is 53.1 Å². The normalized spacial score (nSPS) is 11.6. The minimum Gasteiger partial charge on any atom is -0.337 e. The van der Waals surface area contributed by atoms with Crippen LogP contribution in [0.1, 0.15) is 5.56 Å². The van der Waals surface area contributed by atoms with E-state index in [4.69, 9.17) is 23.2 Å². The molecule has 0 spiro atoms. The third kappa shape index (κ3) is 4.80. The summed E-state index contributed by atoms with van der Waals surface area (Å²) < 4.78 is 41.2. The van der Waals surface area contributed by atoms with E-state index in [0.29, 0.717) is 27.2 Å². The molecule has 1 N–H and O–H groups in total. The molecular weight excluding hydrogens is 474 g/mol. The third-order valence-electron chi connectivity index (χ3n) is 4.87. The first-order valence-corrected chi connectivity index (χ1v) is 11.9. The SMILES string of the molecule is O=C(Cn1cc(S(=O)(=O)Cc2ccc(Cl)cc2)c2ccccc21)Nc1ccc(F)c(Cl)c1. The second-order valence-corrected chi connectivity index (χ2v) is 10.0. The van der Waals surface area contributed by atoms with Crippen LogP contribution in [0.2, 0.25) is 10.0 Å². The van der Waals surface area contributed by atoms with Crippen molar-refractivity contribution < 1.29 is 17.6 Å². The van der Waals surface area contributed by atoms with Gasteiger partial charge in [0.05, 0.1) is 15.7 Å². The standard InChI is InChI=1S/C23H17Cl2FN2O3S/c24-16-7-5-15(6-8-16)14-32(30,31)22-12-28(21-4-2-1-3-18(21)22)13-23(29)27-17-9-10-20(26)19(25)11-17/h1-12H,13-14H2,(H,27,29). The zero-order valence-electron chi connectivity index (χ0n) is 16.6. The predicted molar refractivity (Wildman–Crippen MR) is 124 cm³/mol. The van der Waals surface area contributed by atoms with Crippen LogP contribution in [-0.4, -0.2) is 18.9 Å². The van der Waals surface area contributed by atoms with Gasteiger partial charge in [-0.3, -0.25) is 4.79 Å². The van der Waals surface area contributed by atoms with Gasteiger partial charge in [0, 0.05) is 27.8 Å². The maximum atomic E-state index is 13.3. The Balaban J connectivity index is 1.62. The van der Waals surface area contributed by atoms with Gasteiger partial charge in [-0.1, -0.05) is 53.5 Å². The van der Waals surface area contributed by atoms with Gasteiger partial charge in [0.25, 0.3) is 0 Å². The second-order valence-electron chi connectivity index (χ2n) is 7.20. The van der Waals surface area contributed by atoms with Gasteiger partial charge in [-0.05, 0) is 42.0 Å². The molecule has 0 radical (unpaired) electrons. The molecule has 9 heteroatoms. The average molecular weight is 491 g/mol. The fourth-order valence-corrected chi connectivity index (χ4v) is 5.29. The first-order valence-electron chi connectivity index (χ1n) is 9.53. The van der Waals surface area contributed by atoms with Gasteiger partial charge in [-0.15, -0.1) is 0 Å². The van der Waals surface area contributed by atoms with Gasteiger partial charge in [0.15, 0.2) is 9.84 Å². The van der Waals surface area contributed by atoms with Crippen LogP contribution in [0.25, 0.3) is 10.9 Å². The van der Waals surface area contributed by atoms with Crippen LogP contribution in [0.4, 0.5) is 10.1 Å². The molecule has 1 heterocycles. The summed E-state index contributed by atoms with van der Waals surface area (Å²) in [5, 5.41) is 3.59. The van der Waals surface area contributed by atoms with E-state index in [9.17, 15) is 17.6 Å². The third-order valence-corrected chi connectivity index (χ3v) is 7.12. The monoisotopic (exact) mass is 490 g/mol. The molecule has 0 atom stereocenters. The Hall–Kier alpha value is -2.87. The number of rotatable bonds is 6. The molecule has 164 valence electrons. The van der Waals surface area contributed by atoms with Gasteiger partial charge in [0.2, 0.25) is 5.91 Å². The Morgan fingerprint density at radius 3 is 2.44 bits per heavy atom. The minimum absolute atomic E-state index is 0.107. The van der Waals surface area contributed by atoms with Crippen molar-refractivity contribution in [2.75, 3.05) is 5.32 Å². The first-order chi connectivity index (χ1) is 15.2. The Morgan fingerprint density at radius 2 is 1.72 bits per heavy atom. The van der Waals surface area contributed by atoms with Gasteiger partial charge in [0.1, 0.15) is 12.4 Å². The van der Waals surface area contributed by atoms with Crippen LogP contribution in [0, 0.1) is 5.82 Å². The number of nitrogens with one attached hydrogen (secondary N) is 1. The molecule has 0 aliphatic heterocycles. The van der Waals surface area contributed by atoms with Crippen LogP contribution in [0.3, 0.4) is 0 Å². The number of para-hydroxylation sites is 1. The maximum Gasteiger partial charge on any atom is 0.244 e. The number of amides is 1. The Morgan fingerprint density at radius 1 is 1.00 bits per heavy atom. The van der Waals surface area contributed by atoms with Crippen molar-refractivity contribution in [3.05, 3.63) is 94.4 Å². The summed E-state index contributed by atoms with van der Waals surface area (Å²) in [6.45, 7) is -0.133.